The van der Waals surface area contributed by atoms with E-state index in [1.165, 1.54) is 38.5 Å². The summed E-state index contributed by atoms with van der Waals surface area (Å²) in [6.45, 7) is 0.934. The fourth-order valence-corrected chi connectivity index (χ4v) is 3.89. The highest BCUT2D eigenvalue weighted by molar-refractivity contribution is 5.32. The molecule has 1 saturated heterocycles. The van der Waals surface area contributed by atoms with Crippen LogP contribution in [0.25, 0.3) is 0 Å². The highest BCUT2D eigenvalue weighted by Gasteiger charge is 2.24. The molecule has 1 aliphatic carbocycles. The van der Waals surface area contributed by atoms with Crippen molar-refractivity contribution in [2.45, 2.75) is 69.4 Å². The number of ether oxygens (including phenoxy) is 1. The predicted molar refractivity (Wildman–Crippen MR) is 82.9 cm³/mol. The van der Waals surface area contributed by atoms with Gasteiger partial charge in [0.1, 0.15) is 0 Å². The highest BCUT2D eigenvalue weighted by Crippen LogP contribution is 2.35. The van der Waals surface area contributed by atoms with Gasteiger partial charge in [-0.25, -0.2) is 0 Å². The molecule has 1 aromatic carbocycles. The summed E-state index contributed by atoms with van der Waals surface area (Å²) >= 11 is 0. The summed E-state index contributed by atoms with van der Waals surface area (Å²) in [5.74, 6) is 0.665. The first-order valence-electron chi connectivity index (χ1n) is 8.28. The van der Waals surface area contributed by atoms with Gasteiger partial charge in [0.25, 0.3) is 0 Å². The zero-order valence-electron chi connectivity index (χ0n) is 12.4. The quantitative estimate of drug-likeness (QED) is 0.906. The molecule has 2 aliphatic rings. The molecule has 0 amide bonds. The smallest absolute Gasteiger partial charge is 0.0589 e. The molecule has 2 nitrogen and oxygen atoms in total. The van der Waals surface area contributed by atoms with E-state index < -0.39 is 0 Å². The SMILES string of the molecule is NC(CC1CCCCO1)CC1CCCc2ccccc21. The normalized spacial score (nSPS) is 27.9. The van der Waals surface area contributed by atoms with E-state index in [0.717, 1.165) is 19.4 Å². The van der Waals surface area contributed by atoms with Crippen LogP contribution < -0.4 is 5.73 Å². The summed E-state index contributed by atoms with van der Waals surface area (Å²) in [6, 6.07) is 9.22. The highest BCUT2D eigenvalue weighted by atomic mass is 16.5. The third-order valence-electron chi connectivity index (χ3n) is 4.92. The molecule has 20 heavy (non-hydrogen) atoms. The Morgan fingerprint density at radius 1 is 1.10 bits per heavy atom. The summed E-state index contributed by atoms with van der Waals surface area (Å²) in [5, 5.41) is 0. The Bertz CT molecular complexity index is 425. The van der Waals surface area contributed by atoms with Gasteiger partial charge in [-0.2, -0.15) is 0 Å². The van der Waals surface area contributed by atoms with Crippen LogP contribution in [0.3, 0.4) is 0 Å². The van der Waals surface area contributed by atoms with Gasteiger partial charge in [0, 0.05) is 12.6 Å². The van der Waals surface area contributed by atoms with Crippen LogP contribution in [-0.2, 0) is 11.2 Å². The van der Waals surface area contributed by atoms with Crippen LogP contribution in [-0.4, -0.2) is 18.8 Å². The first-order valence-corrected chi connectivity index (χ1v) is 8.28. The van der Waals surface area contributed by atoms with Gasteiger partial charge in [0.2, 0.25) is 0 Å². The van der Waals surface area contributed by atoms with Gasteiger partial charge in [0.05, 0.1) is 6.10 Å². The first kappa shape index (κ1) is 14.1. The second kappa shape index (κ2) is 6.73. The van der Waals surface area contributed by atoms with E-state index >= 15 is 0 Å². The average molecular weight is 273 g/mol. The van der Waals surface area contributed by atoms with E-state index in [0.29, 0.717) is 12.0 Å². The topological polar surface area (TPSA) is 35.2 Å². The lowest BCUT2D eigenvalue weighted by Crippen LogP contribution is -2.31. The molecule has 1 heterocycles. The Labute approximate surface area is 122 Å². The van der Waals surface area contributed by atoms with E-state index in [-0.39, 0.29) is 6.04 Å². The second-order valence-electron chi connectivity index (χ2n) is 6.51. The molecule has 0 spiro atoms. The number of fused-ring (bicyclic) bond motifs is 1. The molecule has 110 valence electrons. The van der Waals surface area contributed by atoms with Crippen LogP contribution in [0, 0.1) is 0 Å². The first-order chi connectivity index (χ1) is 9.83. The van der Waals surface area contributed by atoms with Crippen molar-refractivity contribution in [3.8, 4) is 0 Å². The van der Waals surface area contributed by atoms with Crippen molar-refractivity contribution in [3.05, 3.63) is 35.4 Å². The lowest BCUT2D eigenvalue weighted by atomic mass is 9.79. The van der Waals surface area contributed by atoms with Crippen LogP contribution in [0.5, 0.6) is 0 Å². The Balaban J connectivity index is 1.57. The fourth-order valence-electron chi connectivity index (χ4n) is 3.89. The lowest BCUT2D eigenvalue weighted by molar-refractivity contribution is 0.00659. The maximum atomic E-state index is 6.41. The minimum atomic E-state index is 0.286. The van der Waals surface area contributed by atoms with E-state index in [9.17, 15) is 0 Å². The van der Waals surface area contributed by atoms with Gasteiger partial charge in [-0.05, 0) is 68.4 Å². The van der Waals surface area contributed by atoms with E-state index in [1.807, 2.05) is 0 Å². The van der Waals surface area contributed by atoms with Crippen molar-refractivity contribution >= 4 is 0 Å². The molecule has 1 aromatic rings. The zero-order valence-corrected chi connectivity index (χ0v) is 12.4. The van der Waals surface area contributed by atoms with Crippen LogP contribution in [0.4, 0.5) is 0 Å². The zero-order chi connectivity index (χ0) is 13.8. The number of benzene rings is 1. The van der Waals surface area contributed by atoms with Crippen molar-refractivity contribution in [2.75, 3.05) is 6.61 Å². The molecule has 2 heteroatoms. The molecule has 0 bridgehead atoms. The molecule has 0 radical (unpaired) electrons. The molecule has 0 aromatic heterocycles. The van der Waals surface area contributed by atoms with Crippen molar-refractivity contribution in [3.63, 3.8) is 0 Å². The van der Waals surface area contributed by atoms with Crippen LogP contribution in [0.15, 0.2) is 24.3 Å². The van der Waals surface area contributed by atoms with E-state index in [2.05, 4.69) is 24.3 Å². The van der Waals surface area contributed by atoms with E-state index in [4.69, 9.17) is 10.5 Å². The lowest BCUT2D eigenvalue weighted by Gasteiger charge is -2.30. The molecule has 3 unspecified atom stereocenters. The maximum Gasteiger partial charge on any atom is 0.0589 e. The van der Waals surface area contributed by atoms with Gasteiger partial charge in [-0.3, -0.25) is 0 Å². The summed E-state index contributed by atoms with van der Waals surface area (Å²) in [6.07, 6.45) is 10.2. The number of aryl methyl sites for hydroxylation is 1. The maximum absolute atomic E-state index is 6.41. The Hall–Kier alpha value is -0.860. The average Bonchev–Trinajstić information content (AvgIpc) is 2.48. The minimum absolute atomic E-state index is 0.286. The number of rotatable bonds is 4. The second-order valence-corrected chi connectivity index (χ2v) is 6.51. The van der Waals surface area contributed by atoms with Crippen LogP contribution in [0.1, 0.15) is 62.0 Å². The van der Waals surface area contributed by atoms with Gasteiger partial charge in [-0.1, -0.05) is 24.3 Å². The molecule has 3 rings (SSSR count). The standard InChI is InChI=1S/C18H27NO/c19-16(13-17-9-3-4-11-20-17)12-15-8-5-7-14-6-1-2-10-18(14)15/h1-2,6,10,15-17H,3-5,7-9,11-13,19H2. The summed E-state index contributed by atoms with van der Waals surface area (Å²) in [7, 11) is 0. The molecule has 1 aliphatic heterocycles. The molecule has 3 atom stereocenters. The molecular formula is C18H27NO. The van der Waals surface area contributed by atoms with Gasteiger partial charge in [-0.15, -0.1) is 0 Å². The third-order valence-corrected chi connectivity index (χ3v) is 4.92. The van der Waals surface area contributed by atoms with Gasteiger partial charge < -0.3 is 10.5 Å². The summed E-state index contributed by atoms with van der Waals surface area (Å²) in [4.78, 5) is 0. The summed E-state index contributed by atoms with van der Waals surface area (Å²) in [5.41, 5.74) is 9.51. The Morgan fingerprint density at radius 2 is 2.00 bits per heavy atom. The van der Waals surface area contributed by atoms with E-state index in [1.54, 1.807) is 11.1 Å². The molecular weight excluding hydrogens is 246 g/mol. The minimum Gasteiger partial charge on any atom is -0.378 e. The number of hydrogen-bond acceptors (Lipinski definition) is 2. The largest absolute Gasteiger partial charge is 0.378 e. The van der Waals surface area contributed by atoms with Crippen molar-refractivity contribution < 1.29 is 4.74 Å². The number of nitrogens with two attached hydrogens (primary N) is 1. The van der Waals surface area contributed by atoms with Crippen molar-refractivity contribution in [2.24, 2.45) is 5.73 Å². The van der Waals surface area contributed by atoms with Crippen molar-refractivity contribution in [1.82, 2.24) is 0 Å². The van der Waals surface area contributed by atoms with Gasteiger partial charge >= 0.3 is 0 Å². The fraction of sp³-hybridized carbons (Fsp3) is 0.667. The predicted octanol–water partition coefficient (Wildman–Crippen LogP) is 3.78. The summed E-state index contributed by atoms with van der Waals surface area (Å²) < 4.78 is 5.83. The Kier molecular flexibility index (Phi) is 4.74. The molecule has 2 N–H and O–H groups in total. The van der Waals surface area contributed by atoms with Crippen molar-refractivity contribution in [1.29, 1.82) is 0 Å². The monoisotopic (exact) mass is 273 g/mol. The molecule has 1 fully saturated rings. The molecule has 0 saturated carbocycles. The van der Waals surface area contributed by atoms with Gasteiger partial charge in [0.15, 0.2) is 0 Å². The van der Waals surface area contributed by atoms with Crippen LogP contribution in [0.2, 0.25) is 0 Å². The number of hydrogen-bond donors (Lipinski definition) is 1. The third kappa shape index (κ3) is 3.42. The Morgan fingerprint density at radius 3 is 2.85 bits per heavy atom. The van der Waals surface area contributed by atoms with Crippen LogP contribution >= 0.6 is 0 Å².